The maximum atomic E-state index is 12.7. The van der Waals surface area contributed by atoms with Crippen LogP contribution in [-0.2, 0) is 6.42 Å². The zero-order valence-electron chi connectivity index (χ0n) is 20.2. The van der Waals surface area contributed by atoms with Crippen molar-refractivity contribution in [3.63, 3.8) is 0 Å². The van der Waals surface area contributed by atoms with Crippen molar-refractivity contribution in [2.45, 2.75) is 38.3 Å². The fraction of sp³-hybridized carbons (Fsp3) is 0.345. The summed E-state index contributed by atoms with van der Waals surface area (Å²) in [6.07, 6.45) is 3.24. The summed E-state index contributed by atoms with van der Waals surface area (Å²) in [6.45, 7) is 5.03. The standard InChI is InChI=1S/C29H35N3O2/c1-22(24-8-4-3-5-9-24)31-29(33)25-11-13-27(14-12-25)32-19-16-26(17-20-32)30-18-15-23-7-6-10-28(21-23)34-2/h3-14,21-22,26,30H,15-20H2,1-2H3,(H,31,33)/t22-/m1/s1. The topological polar surface area (TPSA) is 53.6 Å². The van der Waals surface area contributed by atoms with Crippen molar-refractivity contribution in [1.29, 1.82) is 0 Å². The molecule has 0 spiro atoms. The van der Waals surface area contributed by atoms with E-state index in [1.54, 1.807) is 7.11 Å². The maximum Gasteiger partial charge on any atom is 0.251 e. The molecule has 1 fully saturated rings. The van der Waals surface area contributed by atoms with Crippen LogP contribution in [0.3, 0.4) is 0 Å². The van der Waals surface area contributed by atoms with E-state index in [9.17, 15) is 4.79 Å². The molecule has 1 saturated heterocycles. The minimum absolute atomic E-state index is 0.0242. The summed E-state index contributed by atoms with van der Waals surface area (Å²) in [4.78, 5) is 15.1. The Balaban J connectivity index is 1.21. The Hall–Kier alpha value is -3.31. The third-order valence-corrected chi connectivity index (χ3v) is 6.62. The predicted octanol–water partition coefficient (Wildman–Crippen LogP) is 4.99. The van der Waals surface area contributed by atoms with E-state index in [-0.39, 0.29) is 11.9 Å². The van der Waals surface area contributed by atoms with Crippen molar-refractivity contribution >= 4 is 11.6 Å². The fourth-order valence-corrected chi connectivity index (χ4v) is 4.52. The number of piperidine rings is 1. The number of hydrogen-bond donors (Lipinski definition) is 2. The molecule has 5 heteroatoms. The molecule has 34 heavy (non-hydrogen) atoms. The predicted molar refractivity (Wildman–Crippen MR) is 139 cm³/mol. The molecule has 1 amide bonds. The van der Waals surface area contributed by atoms with Crippen LogP contribution in [0.2, 0.25) is 0 Å². The summed E-state index contributed by atoms with van der Waals surface area (Å²) in [5, 5.41) is 6.80. The summed E-state index contributed by atoms with van der Waals surface area (Å²) in [5.41, 5.74) is 4.28. The van der Waals surface area contributed by atoms with Gasteiger partial charge < -0.3 is 20.3 Å². The van der Waals surface area contributed by atoms with Gasteiger partial charge in [0.15, 0.2) is 0 Å². The molecular formula is C29H35N3O2. The SMILES string of the molecule is COc1cccc(CCNC2CCN(c3ccc(C(=O)N[C@H](C)c4ccccc4)cc3)CC2)c1. The first-order valence-electron chi connectivity index (χ1n) is 12.2. The lowest BCUT2D eigenvalue weighted by Gasteiger charge is -2.34. The number of carbonyl (C=O) groups excluding carboxylic acids is 1. The van der Waals surface area contributed by atoms with Crippen LogP contribution in [0.4, 0.5) is 5.69 Å². The van der Waals surface area contributed by atoms with Crippen LogP contribution in [0.1, 0.15) is 47.3 Å². The lowest BCUT2D eigenvalue weighted by Crippen LogP contribution is -2.43. The minimum Gasteiger partial charge on any atom is -0.497 e. The average Bonchev–Trinajstić information content (AvgIpc) is 2.90. The van der Waals surface area contributed by atoms with Gasteiger partial charge in [-0.15, -0.1) is 0 Å². The van der Waals surface area contributed by atoms with Crippen LogP contribution < -0.4 is 20.3 Å². The highest BCUT2D eigenvalue weighted by atomic mass is 16.5. The molecule has 1 atom stereocenters. The lowest BCUT2D eigenvalue weighted by molar-refractivity contribution is 0.0940. The molecule has 0 radical (unpaired) electrons. The first-order chi connectivity index (χ1) is 16.6. The third kappa shape index (κ3) is 6.39. The van der Waals surface area contributed by atoms with Crippen molar-refractivity contribution < 1.29 is 9.53 Å². The van der Waals surface area contributed by atoms with Crippen LogP contribution >= 0.6 is 0 Å². The van der Waals surface area contributed by atoms with Gasteiger partial charge in [-0.25, -0.2) is 0 Å². The van der Waals surface area contributed by atoms with E-state index in [0.29, 0.717) is 11.6 Å². The van der Waals surface area contributed by atoms with Gasteiger partial charge in [0.1, 0.15) is 5.75 Å². The van der Waals surface area contributed by atoms with Gasteiger partial charge in [-0.1, -0.05) is 42.5 Å². The van der Waals surface area contributed by atoms with E-state index in [0.717, 1.165) is 50.2 Å². The number of nitrogens with one attached hydrogen (secondary N) is 2. The molecule has 1 aliphatic heterocycles. The van der Waals surface area contributed by atoms with Crippen molar-refractivity contribution in [1.82, 2.24) is 10.6 Å². The minimum atomic E-state index is -0.0400. The Morgan fingerprint density at radius 2 is 1.74 bits per heavy atom. The molecule has 5 nitrogen and oxygen atoms in total. The van der Waals surface area contributed by atoms with Crippen LogP contribution in [0.15, 0.2) is 78.9 Å². The van der Waals surface area contributed by atoms with Gasteiger partial charge in [0.25, 0.3) is 5.91 Å². The van der Waals surface area contributed by atoms with Gasteiger partial charge in [-0.3, -0.25) is 4.79 Å². The number of methoxy groups -OCH3 is 1. The molecule has 0 unspecified atom stereocenters. The molecule has 0 aromatic heterocycles. The second-order valence-electron chi connectivity index (χ2n) is 8.97. The van der Waals surface area contributed by atoms with E-state index >= 15 is 0 Å². The van der Waals surface area contributed by atoms with Crippen LogP contribution in [0.25, 0.3) is 0 Å². The van der Waals surface area contributed by atoms with Crippen molar-refractivity contribution in [2.24, 2.45) is 0 Å². The number of rotatable bonds is 9. The van der Waals surface area contributed by atoms with Gasteiger partial charge in [0.05, 0.1) is 13.2 Å². The first kappa shape index (κ1) is 23.8. The van der Waals surface area contributed by atoms with Crippen molar-refractivity contribution in [3.05, 3.63) is 95.6 Å². The molecule has 178 valence electrons. The van der Waals surface area contributed by atoms with E-state index < -0.39 is 0 Å². The van der Waals surface area contributed by atoms with Gasteiger partial charge in [0, 0.05) is 30.4 Å². The van der Waals surface area contributed by atoms with Crippen molar-refractivity contribution in [3.8, 4) is 5.75 Å². The number of benzene rings is 3. The zero-order chi connectivity index (χ0) is 23.8. The molecule has 0 aliphatic carbocycles. The van der Waals surface area contributed by atoms with Gasteiger partial charge in [0.2, 0.25) is 0 Å². The van der Waals surface area contributed by atoms with E-state index in [1.807, 2.05) is 61.5 Å². The normalized spacial score (nSPS) is 15.1. The monoisotopic (exact) mass is 457 g/mol. The summed E-state index contributed by atoms with van der Waals surface area (Å²) >= 11 is 0. The molecule has 1 aliphatic rings. The Morgan fingerprint density at radius 3 is 2.44 bits per heavy atom. The molecule has 3 aromatic carbocycles. The molecule has 4 rings (SSSR count). The van der Waals surface area contributed by atoms with E-state index in [1.165, 1.54) is 11.3 Å². The summed E-state index contributed by atoms with van der Waals surface area (Å²) in [6, 6.07) is 26.8. The number of hydrogen-bond acceptors (Lipinski definition) is 4. The second-order valence-corrected chi connectivity index (χ2v) is 8.97. The van der Waals surface area contributed by atoms with Crippen LogP contribution in [-0.4, -0.2) is 38.7 Å². The largest absolute Gasteiger partial charge is 0.497 e. The Kier molecular flexibility index (Phi) is 8.21. The third-order valence-electron chi connectivity index (χ3n) is 6.62. The smallest absolute Gasteiger partial charge is 0.251 e. The highest BCUT2D eigenvalue weighted by Gasteiger charge is 2.19. The van der Waals surface area contributed by atoms with E-state index in [4.69, 9.17) is 4.74 Å². The second kappa shape index (κ2) is 11.7. The number of anilines is 1. The number of nitrogens with zero attached hydrogens (tertiary/aromatic N) is 1. The molecule has 0 saturated carbocycles. The molecule has 1 heterocycles. The van der Waals surface area contributed by atoms with E-state index in [2.05, 4.69) is 39.8 Å². The fourth-order valence-electron chi connectivity index (χ4n) is 4.52. The molecule has 0 bridgehead atoms. The number of amides is 1. The summed E-state index contributed by atoms with van der Waals surface area (Å²) in [5.74, 6) is 0.877. The van der Waals surface area contributed by atoms with Crippen LogP contribution in [0.5, 0.6) is 5.75 Å². The van der Waals surface area contributed by atoms with Gasteiger partial charge >= 0.3 is 0 Å². The first-order valence-corrected chi connectivity index (χ1v) is 12.2. The summed E-state index contributed by atoms with van der Waals surface area (Å²) < 4.78 is 5.31. The Bertz CT molecular complexity index is 1040. The summed E-state index contributed by atoms with van der Waals surface area (Å²) in [7, 11) is 1.71. The zero-order valence-corrected chi connectivity index (χ0v) is 20.2. The highest BCUT2D eigenvalue weighted by molar-refractivity contribution is 5.94. The van der Waals surface area contributed by atoms with Gasteiger partial charge in [-0.05, 0) is 80.3 Å². The Morgan fingerprint density at radius 1 is 1.00 bits per heavy atom. The Labute approximate surface area is 203 Å². The quantitative estimate of drug-likeness (QED) is 0.475. The molecular weight excluding hydrogens is 422 g/mol. The number of ether oxygens (including phenoxy) is 1. The van der Waals surface area contributed by atoms with Crippen molar-refractivity contribution in [2.75, 3.05) is 31.6 Å². The average molecular weight is 458 g/mol. The number of carbonyl (C=O) groups is 1. The highest BCUT2D eigenvalue weighted by Crippen LogP contribution is 2.21. The van der Waals surface area contributed by atoms with Crippen LogP contribution in [0, 0.1) is 0 Å². The molecule has 2 N–H and O–H groups in total. The molecule has 3 aromatic rings. The lowest BCUT2D eigenvalue weighted by atomic mass is 10.0. The van der Waals surface area contributed by atoms with Gasteiger partial charge in [-0.2, -0.15) is 0 Å². The maximum absolute atomic E-state index is 12.7.